The quantitative estimate of drug-likeness (QED) is 0.796. The van der Waals surface area contributed by atoms with Gasteiger partial charge in [0.2, 0.25) is 11.6 Å². The van der Waals surface area contributed by atoms with E-state index in [1.807, 2.05) is 0 Å². The van der Waals surface area contributed by atoms with Gasteiger partial charge in [-0.15, -0.1) is 5.10 Å². The molecule has 8 heteroatoms. The Morgan fingerprint density at radius 2 is 2.15 bits per heavy atom. The Labute approximate surface area is 112 Å². The van der Waals surface area contributed by atoms with Crippen LogP contribution in [0, 0.1) is 0 Å². The standard InChI is InChI=1S/C12H9N5O3/c18-9-5-6-12(11(19)20)16(9)8-4-2-1-3-7(8)10-13-14-15-17(10)12/h1-4H,5-6H2,(H,19,20). The van der Waals surface area contributed by atoms with Gasteiger partial charge in [0.25, 0.3) is 0 Å². The van der Waals surface area contributed by atoms with Crippen molar-refractivity contribution in [2.75, 3.05) is 4.90 Å². The zero-order valence-corrected chi connectivity index (χ0v) is 10.2. The van der Waals surface area contributed by atoms with Gasteiger partial charge >= 0.3 is 5.97 Å². The van der Waals surface area contributed by atoms with Gasteiger partial charge in [0.1, 0.15) is 0 Å². The predicted molar refractivity (Wildman–Crippen MR) is 65.6 cm³/mol. The number of rotatable bonds is 1. The van der Waals surface area contributed by atoms with Crippen molar-refractivity contribution in [3.05, 3.63) is 24.3 Å². The molecule has 4 rings (SSSR count). The maximum Gasteiger partial charge on any atom is 0.353 e. The summed E-state index contributed by atoms with van der Waals surface area (Å²) in [4.78, 5) is 25.4. The Morgan fingerprint density at radius 3 is 2.95 bits per heavy atom. The summed E-state index contributed by atoms with van der Waals surface area (Å²) < 4.78 is 1.24. The number of hydrogen-bond acceptors (Lipinski definition) is 5. The fourth-order valence-corrected chi connectivity index (χ4v) is 3.00. The van der Waals surface area contributed by atoms with Crippen molar-refractivity contribution in [3.63, 3.8) is 0 Å². The second-order valence-corrected chi connectivity index (χ2v) is 4.78. The Balaban J connectivity index is 2.12. The van der Waals surface area contributed by atoms with Gasteiger partial charge < -0.3 is 5.11 Å². The van der Waals surface area contributed by atoms with Crippen LogP contribution in [0.3, 0.4) is 0 Å². The number of aliphatic carboxylic acids is 1. The summed E-state index contributed by atoms with van der Waals surface area (Å²) in [5.41, 5.74) is -0.353. The second kappa shape index (κ2) is 3.41. The molecule has 1 aromatic heterocycles. The molecule has 0 bridgehead atoms. The van der Waals surface area contributed by atoms with Crippen molar-refractivity contribution in [3.8, 4) is 11.4 Å². The van der Waals surface area contributed by atoms with Crippen molar-refractivity contribution in [2.24, 2.45) is 0 Å². The first-order valence-electron chi connectivity index (χ1n) is 6.11. The van der Waals surface area contributed by atoms with Gasteiger partial charge in [-0.1, -0.05) is 12.1 Å². The van der Waals surface area contributed by atoms with E-state index in [1.165, 1.54) is 9.58 Å². The van der Waals surface area contributed by atoms with E-state index in [4.69, 9.17) is 0 Å². The third-order valence-electron chi connectivity index (χ3n) is 3.86. The number of amides is 1. The molecule has 1 unspecified atom stereocenters. The maximum absolute atomic E-state index is 12.2. The lowest BCUT2D eigenvalue weighted by atomic mass is 10.0. The van der Waals surface area contributed by atoms with E-state index in [-0.39, 0.29) is 18.7 Å². The molecule has 1 N–H and O–H groups in total. The molecule has 1 fully saturated rings. The number of anilines is 1. The van der Waals surface area contributed by atoms with E-state index in [0.717, 1.165) is 0 Å². The van der Waals surface area contributed by atoms with E-state index < -0.39 is 11.6 Å². The van der Waals surface area contributed by atoms with Crippen LogP contribution in [0.15, 0.2) is 24.3 Å². The van der Waals surface area contributed by atoms with E-state index >= 15 is 0 Å². The van der Waals surface area contributed by atoms with Gasteiger partial charge in [-0.2, -0.15) is 4.68 Å². The summed E-state index contributed by atoms with van der Waals surface area (Å²) in [6, 6.07) is 7.05. The third-order valence-corrected chi connectivity index (χ3v) is 3.86. The van der Waals surface area contributed by atoms with Crippen molar-refractivity contribution >= 4 is 17.6 Å². The lowest BCUT2D eigenvalue weighted by Gasteiger charge is -2.38. The van der Waals surface area contributed by atoms with Crippen LogP contribution in [0.5, 0.6) is 0 Å². The highest BCUT2D eigenvalue weighted by Gasteiger charge is 2.58. The average Bonchev–Trinajstić information content (AvgIpc) is 3.04. The number of fused-ring (bicyclic) bond motifs is 6. The first-order chi connectivity index (χ1) is 9.66. The molecule has 2 aliphatic heterocycles. The first kappa shape index (κ1) is 11.1. The highest BCUT2D eigenvalue weighted by molar-refractivity contribution is 6.07. The highest BCUT2D eigenvalue weighted by Crippen LogP contribution is 2.47. The number of carbonyl (C=O) groups excluding carboxylic acids is 1. The summed E-state index contributed by atoms with van der Waals surface area (Å²) in [6.45, 7) is 0. The number of benzene rings is 1. The molecular weight excluding hydrogens is 262 g/mol. The van der Waals surface area contributed by atoms with Gasteiger partial charge in [-0.25, -0.2) is 4.79 Å². The minimum atomic E-state index is -1.55. The van der Waals surface area contributed by atoms with Gasteiger partial charge in [0.05, 0.1) is 5.69 Å². The van der Waals surface area contributed by atoms with Crippen molar-refractivity contribution < 1.29 is 14.7 Å². The Morgan fingerprint density at radius 1 is 1.35 bits per heavy atom. The van der Waals surface area contributed by atoms with Crippen molar-refractivity contribution in [1.29, 1.82) is 0 Å². The Bertz CT molecular complexity index is 755. The van der Waals surface area contributed by atoms with Crippen LogP contribution in [0.4, 0.5) is 5.69 Å². The number of carboxylic acids is 1. The highest BCUT2D eigenvalue weighted by atomic mass is 16.4. The summed E-state index contributed by atoms with van der Waals surface area (Å²) >= 11 is 0. The van der Waals surface area contributed by atoms with E-state index in [1.54, 1.807) is 24.3 Å². The van der Waals surface area contributed by atoms with E-state index in [2.05, 4.69) is 15.5 Å². The average molecular weight is 271 g/mol. The molecular formula is C12H9N5O3. The van der Waals surface area contributed by atoms with Gasteiger partial charge in [0.15, 0.2) is 5.82 Å². The predicted octanol–water partition coefficient (Wildman–Crippen LogP) is 0.218. The molecule has 3 heterocycles. The number of para-hydroxylation sites is 1. The minimum Gasteiger partial charge on any atom is -0.478 e. The van der Waals surface area contributed by atoms with Crippen LogP contribution in [-0.4, -0.2) is 37.2 Å². The second-order valence-electron chi connectivity index (χ2n) is 4.78. The SMILES string of the molecule is O=C1CCC2(C(=O)O)N1c1ccccc1-c1nnnn12. The number of nitrogens with zero attached hydrogens (tertiary/aromatic N) is 5. The van der Waals surface area contributed by atoms with Crippen molar-refractivity contribution in [2.45, 2.75) is 18.5 Å². The zero-order chi connectivity index (χ0) is 13.9. The monoisotopic (exact) mass is 271 g/mol. The lowest BCUT2D eigenvalue weighted by molar-refractivity contribution is -0.148. The zero-order valence-electron chi connectivity index (χ0n) is 10.2. The molecule has 1 saturated heterocycles. The molecule has 20 heavy (non-hydrogen) atoms. The number of carbonyl (C=O) groups is 2. The van der Waals surface area contributed by atoms with Crippen LogP contribution < -0.4 is 4.90 Å². The summed E-state index contributed by atoms with van der Waals surface area (Å²) in [5.74, 6) is -0.999. The minimum absolute atomic E-state index is 0.146. The number of carboxylic acid groups (broad SMARTS) is 1. The van der Waals surface area contributed by atoms with E-state index in [9.17, 15) is 14.7 Å². The summed E-state index contributed by atoms with van der Waals surface area (Å²) in [5, 5.41) is 21.0. The van der Waals surface area contributed by atoms with Crippen LogP contribution in [-0.2, 0) is 15.3 Å². The molecule has 0 radical (unpaired) electrons. The number of hydrogen-bond donors (Lipinski definition) is 1. The van der Waals surface area contributed by atoms with Crippen LogP contribution in [0.1, 0.15) is 12.8 Å². The molecule has 8 nitrogen and oxygen atoms in total. The maximum atomic E-state index is 12.2. The Kier molecular flexibility index (Phi) is 1.89. The third kappa shape index (κ3) is 1.05. The number of tetrazole rings is 1. The molecule has 1 atom stereocenters. The van der Waals surface area contributed by atoms with Crippen molar-refractivity contribution in [1.82, 2.24) is 20.2 Å². The molecule has 0 aliphatic carbocycles. The summed E-state index contributed by atoms with van der Waals surface area (Å²) in [7, 11) is 0. The molecule has 1 aromatic carbocycles. The topological polar surface area (TPSA) is 101 Å². The molecule has 1 amide bonds. The van der Waals surface area contributed by atoms with Crippen LogP contribution in [0.2, 0.25) is 0 Å². The van der Waals surface area contributed by atoms with Crippen LogP contribution in [0.25, 0.3) is 11.4 Å². The Hall–Kier alpha value is -2.77. The molecule has 0 saturated carbocycles. The van der Waals surface area contributed by atoms with E-state index in [0.29, 0.717) is 17.1 Å². The molecule has 0 spiro atoms. The molecule has 2 aliphatic rings. The van der Waals surface area contributed by atoms with Crippen LogP contribution >= 0.6 is 0 Å². The van der Waals surface area contributed by atoms with Gasteiger partial charge in [-0.05, 0) is 22.6 Å². The number of aromatic nitrogens is 4. The largest absolute Gasteiger partial charge is 0.478 e. The molecule has 2 aromatic rings. The molecule has 100 valence electrons. The lowest BCUT2D eigenvalue weighted by Crippen LogP contribution is -2.56. The van der Waals surface area contributed by atoms with Gasteiger partial charge in [-0.3, -0.25) is 9.69 Å². The fourth-order valence-electron chi connectivity index (χ4n) is 3.00. The summed E-state index contributed by atoms with van der Waals surface area (Å²) in [6.07, 6.45) is 0.299. The fraction of sp³-hybridized carbons (Fsp3) is 0.250. The normalized spacial score (nSPS) is 23.2. The first-order valence-corrected chi connectivity index (χ1v) is 6.11. The van der Waals surface area contributed by atoms with Gasteiger partial charge in [0, 0.05) is 18.4 Å². The smallest absolute Gasteiger partial charge is 0.353 e.